The molecule has 1 aliphatic rings. The molecular weight excluding hydrogens is 326 g/mol. The van der Waals surface area contributed by atoms with E-state index in [1.807, 2.05) is 6.07 Å². The van der Waals surface area contributed by atoms with E-state index in [0.29, 0.717) is 11.7 Å². The van der Waals surface area contributed by atoms with Gasteiger partial charge < -0.3 is 10.1 Å². The van der Waals surface area contributed by atoms with Crippen LogP contribution in [-0.4, -0.2) is 38.2 Å². The van der Waals surface area contributed by atoms with Crippen LogP contribution in [-0.2, 0) is 0 Å². The Bertz CT molecular complexity index is 442. The van der Waals surface area contributed by atoms with Crippen molar-refractivity contribution >= 4 is 24.8 Å². The maximum absolute atomic E-state index is 14.0. The Labute approximate surface area is 145 Å². The molecule has 6 heteroatoms. The highest BCUT2D eigenvalue weighted by molar-refractivity contribution is 5.85. The molecule has 0 radical (unpaired) electrons. The Morgan fingerprint density at radius 3 is 2.41 bits per heavy atom. The molecule has 0 aromatic heterocycles. The van der Waals surface area contributed by atoms with Gasteiger partial charge in [-0.15, -0.1) is 24.8 Å². The Morgan fingerprint density at radius 1 is 1.27 bits per heavy atom. The normalized spacial score (nSPS) is 17.8. The minimum Gasteiger partial charge on any atom is -0.494 e. The highest BCUT2D eigenvalue weighted by Gasteiger charge is 2.27. The second kappa shape index (κ2) is 10.3. The van der Waals surface area contributed by atoms with Crippen LogP contribution in [0, 0.1) is 11.7 Å². The van der Waals surface area contributed by atoms with E-state index >= 15 is 0 Å². The van der Waals surface area contributed by atoms with Gasteiger partial charge in [0.05, 0.1) is 7.11 Å². The predicted molar refractivity (Wildman–Crippen MR) is 94.1 cm³/mol. The number of hydrogen-bond acceptors (Lipinski definition) is 3. The number of benzene rings is 1. The maximum Gasteiger partial charge on any atom is 0.165 e. The molecule has 1 heterocycles. The van der Waals surface area contributed by atoms with Gasteiger partial charge in [-0.25, -0.2) is 4.39 Å². The molecule has 2 rings (SSSR count). The summed E-state index contributed by atoms with van der Waals surface area (Å²) in [6.45, 7) is 8.48. The molecule has 1 unspecified atom stereocenters. The van der Waals surface area contributed by atoms with Gasteiger partial charge in [-0.05, 0) is 23.6 Å². The maximum atomic E-state index is 14.0. The molecule has 0 saturated carbocycles. The first-order valence-electron chi connectivity index (χ1n) is 7.45. The molecule has 2 atom stereocenters. The van der Waals surface area contributed by atoms with Crippen LogP contribution in [0.4, 0.5) is 4.39 Å². The zero-order chi connectivity index (χ0) is 14.5. The lowest BCUT2D eigenvalue weighted by Crippen LogP contribution is -2.46. The van der Waals surface area contributed by atoms with Gasteiger partial charge in [-0.1, -0.05) is 26.3 Å². The van der Waals surface area contributed by atoms with E-state index in [9.17, 15) is 4.39 Å². The standard InChI is InChI=1S/C16H25FN2O.2ClH/c1-4-12(2)16(19-9-7-18-8-10-19)13-5-6-15(20-3)14(17)11-13;;/h5-6,11-12,16,18H,4,7-10H2,1-3H3;2*1H/t12?,16-;;/m0../s1. The molecular formula is C16H27Cl2FN2O. The number of nitrogens with one attached hydrogen (secondary N) is 1. The number of halogens is 3. The summed E-state index contributed by atoms with van der Waals surface area (Å²) in [7, 11) is 1.50. The summed E-state index contributed by atoms with van der Waals surface area (Å²) in [4.78, 5) is 2.46. The monoisotopic (exact) mass is 352 g/mol. The van der Waals surface area contributed by atoms with Crippen molar-refractivity contribution in [2.75, 3.05) is 33.3 Å². The lowest BCUT2D eigenvalue weighted by Gasteiger charge is -2.38. The second-order valence-corrected chi connectivity index (χ2v) is 5.51. The first kappa shape index (κ1) is 21.4. The van der Waals surface area contributed by atoms with Gasteiger partial charge in [-0.2, -0.15) is 0 Å². The molecule has 0 aliphatic carbocycles. The quantitative estimate of drug-likeness (QED) is 0.874. The number of nitrogens with zero attached hydrogens (tertiary/aromatic N) is 1. The van der Waals surface area contributed by atoms with Crippen LogP contribution in [0.2, 0.25) is 0 Å². The van der Waals surface area contributed by atoms with Crippen molar-refractivity contribution in [3.8, 4) is 5.75 Å². The zero-order valence-corrected chi connectivity index (χ0v) is 15.1. The van der Waals surface area contributed by atoms with E-state index in [2.05, 4.69) is 24.1 Å². The molecule has 128 valence electrons. The molecule has 0 spiro atoms. The van der Waals surface area contributed by atoms with E-state index in [1.165, 1.54) is 7.11 Å². The number of rotatable bonds is 5. The molecule has 0 bridgehead atoms. The third kappa shape index (κ3) is 4.98. The van der Waals surface area contributed by atoms with Crippen LogP contribution in [0.1, 0.15) is 31.9 Å². The fourth-order valence-corrected chi connectivity index (χ4v) is 2.95. The summed E-state index contributed by atoms with van der Waals surface area (Å²) in [5, 5.41) is 3.37. The van der Waals surface area contributed by atoms with Crippen molar-refractivity contribution in [1.29, 1.82) is 0 Å². The zero-order valence-electron chi connectivity index (χ0n) is 13.5. The first-order valence-corrected chi connectivity index (χ1v) is 7.45. The third-order valence-corrected chi connectivity index (χ3v) is 4.25. The SMILES string of the molecule is CCC(C)[C@@H](c1ccc(OC)c(F)c1)N1CCNCC1.Cl.Cl. The van der Waals surface area contributed by atoms with Crippen molar-refractivity contribution in [3.63, 3.8) is 0 Å². The number of piperazine rings is 1. The van der Waals surface area contributed by atoms with Gasteiger partial charge in [-0.3, -0.25) is 4.90 Å². The van der Waals surface area contributed by atoms with Gasteiger partial charge in [0.15, 0.2) is 11.6 Å². The topological polar surface area (TPSA) is 24.5 Å². The van der Waals surface area contributed by atoms with Gasteiger partial charge >= 0.3 is 0 Å². The van der Waals surface area contributed by atoms with Crippen LogP contribution in [0.5, 0.6) is 5.75 Å². The highest BCUT2D eigenvalue weighted by Crippen LogP contribution is 2.33. The van der Waals surface area contributed by atoms with Crippen LogP contribution >= 0.6 is 24.8 Å². The molecule has 1 fully saturated rings. The summed E-state index contributed by atoms with van der Waals surface area (Å²) in [5.41, 5.74) is 1.06. The lowest BCUT2D eigenvalue weighted by atomic mass is 9.90. The van der Waals surface area contributed by atoms with Crippen molar-refractivity contribution in [2.24, 2.45) is 5.92 Å². The van der Waals surface area contributed by atoms with Crippen molar-refractivity contribution in [2.45, 2.75) is 26.3 Å². The van der Waals surface area contributed by atoms with E-state index in [0.717, 1.165) is 38.2 Å². The molecule has 1 aromatic rings. The van der Waals surface area contributed by atoms with E-state index in [1.54, 1.807) is 12.1 Å². The third-order valence-electron chi connectivity index (χ3n) is 4.25. The second-order valence-electron chi connectivity index (χ2n) is 5.51. The lowest BCUT2D eigenvalue weighted by molar-refractivity contribution is 0.128. The Balaban J connectivity index is 0.00000220. The average molecular weight is 353 g/mol. The number of ether oxygens (including phenoxy) is 1. The highest BCUT2D eigenvalue weighted by atomic mass is 35.5. The summed E-state index contributed by atoms with van der Waals surface area (Å²) in [6.07, 6.45) is 1.09. The van der Waals surface area contributed by atoms with E-state index in [-0.39, 0.29) is 36.7 Å². The van der Waals surface area contributed by atoms with Gasteiger partial charge in [0.1, 0.15) is 0 Å². The number of methoxy groups -OCH3 is 1. The van der Waals surface area contributed by atoms with Gasteiger partial charge in [0.25, 0.3) is 0 Å². The summed E-state index contributed by atoms with van der Waals surface area (Å²) < 4.78 is 19.0. The molecule has 22 heavy (non-hydrogen) atoms. The fourth-order valence-electron chi connectivity index (χ4n) is 2.95. The molecule has 3 nitrogen and oxygen atoms in total. The fraction of sp³-hybridized carbons (Fsp3) is 0.625. The predicted octanol–water partition coefficient (Wildman–Crippen LogP) is 3.67. The van der Waals surface area contributed by atoms with Gasteiger partial charge in [0.2, 0.25) is 0 Å². The van der Waals surface area contributed by atoms with Crippen LogP contribution < -0.4 is 10.1 Å². The van der Waals surface area contributed by atoms with Crippen molar-refractivity contribution in [3.05, 3.63) is 29.6 Å². The van der Waals surface area contributed by atoms with Gasteiger partial charge in [0, 0.05) is 32.2 Å². The van der Waals surface area contributed by atoms with Crippen LogP contribution in [0.3, 0.4) is 0 Å². The Morgan fingerprint density at radius 2 is 1.91 bits per heavy atom. The first-order chi connectivity index (χ1) is 9.67. The van der Waals surface area contributed by atoms with Crippen LogP contribution in [0.25, 0.3) is 0 Å². The minimum absolute atomic E-state index is 0. The molecule has 1 N–H and O–H groups in total. The summed E-state index contributed by atoms with van der Waals surface area (Å²) >= 11 is 0. The molecule has 1 saturated heterocycles. The van der Waals surface area contributed by atoms with Crippen molar-refractivity contribution < 1.29 is 9.13 Å². The molecule has 0 amide bonds. The smallest absolute Gasteiger partial charge is 0.165 e. The minimum atomic E-state index is -0.270. The summed E-state index contributed by atoms with van der Waals surface area (Å²) in [6, 6.07) is 5.66. The molecule has 1 aliphatic heterocycles. The van der Waals surface area contributed by atoms with Crippen LogP contribution in [0.15, 0.2) is 18.2 Å². The largest absolute Gasteiger partial charge is 0.494 e. The Kier molecular flexibility index (Phi) is 10.0. The Hall–Kier alpha value is -0.550. The van der Waals surface area contributed by atoms with E-state index < -0.39 is 0 Å². The van der Waals surface area contributed by atoms with Crippen molar-refractivity contribution in [1.82, 2.24) is 10.2 Å². The average Bonchev–Trinajstić information content (AvgIpc) is 2.48. The number of hydrogen-bond donors (Lipinski definition) is 1. The molecule has 1 aromatic carbocycles. The van der Waals surface area contributed by atoms with E-state index in [4.69, 9.17) is 4.74 Å². The summed E-state index contributed by atoms with van der Waals surface area (Å²) in [5.74, 6) is 0.547.